The zero-order chi connectivity index (χ0) is 26.3. The smallest absolute Gasteiger partial charge is 0.232 e. The summed E-state index contributed by atoms with van der Waals surface area (Å²) < 4.78 is 0. The van der Waals surface area contributed by atoms with Crippen molar-refractivity contribution in [3.8, 4) is 0 Å². The van der Waals surface area contributed by atoms with Crippen LogP contribution in [0.4, 0.5) is 17.8 Å². The Morgan fingerprint density at radius 3 is 1.43 bits per heavy atom. The number of rotatable bonds is 19. The van der Waals surface area contributed by atoms with Gasteiger partial charge < -0.3 is 14.7 Å². The van der Waals surface area contributed by atoms with Crippen LogP contribution in [0.15, 0.2) is 0 Å². The monoisotopic (exact) mass is 490 g/mol. The molecular weight excluding hydrogens is 432 g/mol. The fourth-order valence-electron chi connectivity index (χ4n) is 4.67. The summed E-state index contributed by atoms with van der Waals surface area (Å²) in [4.78, 5) is 22.7. The Morgan fingerprint density at radius 1 is 0.600 bits per heavy atom. The summed E-state index contributed by atoms with van der Waals surface area (Å²) in [5.41, 5.74) is 0.260. The number of unbranched alkanes of at least 4 members (excludes halogenated alkanes) is 3. The van der Waals surface area contributed by atoms with Crippen molar-refractivity contribution in [1.29, 1.82) is 0 Å². The van der Waals surface area contributed by atoms with Gasteiger partial charge in [0, 0.05) is 38.8 Å². The van der Waals surface area contributed by atoms with E-state index < -0.39 is 0 Å². The quantitative estimate of drug-likeness (QED) is 0.198. The molecule has 6 heteroatoms. The van der Waals surface area contributed by atoms with E-state index in [0.717, 1.165) is 89.1 Å². The zero-order valence-electron chi connectivity index (χ0n) is 24.9. The van der Waals surface area contributed by atoms with Crippen LogP contribution in [-0.4, -0.2) is 53.7 Å². The van der Waals surface area contributed by atoms with E-state index in [-0.39, 0.29) is 5.41 Å². The van der Waals surface area contributed by atoms with Gasteiger partial charge in [-0.3, -0.25) is 0 Å². The van der Waals surface area contributed by atoms with E-state index in [1.54, 1.807) is 0 Å². The van der Waals surface area contributed by atoms with Gasteiger partial charge in [0.05, 0.1) is 0 Å². The van der Waals surface area contributed by atoms with Gasteiger partial charge >= 0.3 is 0 Å². The molecule has 0 radical (unpaired) electrons. The van der Waals surface area contributed by atoms with Gasteiger partial charge in [0.2, 0.25) is 17.8 Å². The lowest BCUT2D eigenvalue weighted by Gasteiger charge is -2.36. The lowest BCUT2D eigenvalue weighted by molar-refractivity contribution is 0.318. The standard InChI is InChI=1S/C29H58N6/c1-10-16-21-33(20-14-5)26-30-27(34(22-17-11-2)23-18-12-3)32-28(31-26)35(15-6)25(19-13-4)24-29(7,8)9/h25H,10-24H2,1-9H3. The fourth-order valence-corrected chi connectivity index (χ4v) is 4.67. The van der Waals surface area contributed by atoms with E-state index in [0.29, 0.717) is 6.04 Å². The van der Waals surface area contributed by atoms with E-state index in [4.69, 9.17) is 15.0 Å². The first kappa shape index (κ1) is 31.4. The topological polar surface area (TPSA) is 48.4 Å². The van der Waals surface area contributed by atoms with Gasteiger partial charge in [0.1, 0.15) is 0 Å². The molecule has 1 heterocycles. The van der Waals surface area contributed by atoms with Crippen molar-refractivity contribution < 1.29 is 0 Å². The Hall–Kier alpha value is -1.59. The molecule has 1 unspecified atom stereocenters. The maximum absolute atomic E-state index is 5.17. The molecule has 1 atom stereocenters. The van der Waals surface area contributed by atoms with Crippen LogP contribution >= 0.6 is 0 Å². The van der Waals surface area contributed by atoms with Gasteiger partial charge in [-0.2, -0.15) is 15.0 Å². The Bertz CT molecular complexity index is 664. The third kappa shape index (κ3) is 11.3. The second-order valence-electron chi connectivity index (χ2n) is 11.3. The van der Waals surface area contributed by atoms with Crippen molar-refractivity contribution in [1.82, 2.24) is 15.0 Å². The minimum Gasteiger partial charge on any atom is -0.341 e. The van der Waals surface area contributed by atoms with Gasteiger partial charge in [-0.05, 0) is 50.9 Å². The molecule has 0 aliphatic heterocycles. The molecule has 1 aromatic rings. The minimum absolute atomic E-state index is 0.260. The third-order valence-electron chi connectivity index (χ3n) is 6.51. The van der Waals surface area contributed by atoms with Crippen LogP contribution in [0.2, 0.25) is 0 Å². The van der Waals surface area contributed by atoms with E-state index in [1.165, 1.54) is 25.7 Å². The number of hydrogen-bond acceptors (Lipinski definition) is 6. The fraction of sp³-hybridized carbons (Fsp3) is 0.897. The summed E-state index contributed by atoms with van der Waals surface area (Å²) in [6.07, 6.45) is 11.6. The summed E-state index contributed by atoms with van der Waals surface area (Å²) in [5.74, 6) is 2.60. The SMILES string of the molecule is CCCCN(CCC)c1nc(N(CCCC)CCCC)nc(N(CC)C(CCC)CC(C)(C)C)n1. The molecule has 0 saturated carbocycles. The largest absolute Gasteiger partial charge is 0.341 e. The Labute approximate surface area is 218 Å². The van der Waals surface area contributed by atoms with Gasteiger partial charge in [0.15, 0.2) is 0 Å². The highest BCUT2D eigenvalue weighted by Gasteiger charge is 2.27. The van der Waals surface area contributed by atoms with E-state index >= 15 is 0 Å². The summed E-state index contributed by atoms with van der Waals surface area (Å²) in [6, 6.07) is 0.433. The molecule has 0 aliphatic carbocycles. The molecule has 35 heavy (non-hydrogen) atoms. The van der Waals surface area contributed by atoms with E-state index in [9.17, 15) is 0 Å². The molecular formula is C29H58N6. The third-order valence-corrected chi connectivity index (χ3v) is 6.51. The van der Waals surface area contributed by atoms with Crippen molar-refractivity contribution >= 4 is 17.8 Å². The van der Waals surface area contributed by atoms with Gasteiger partial charge in [-0.1, -0.05) is 81.1 Å². The molecule has 204 valence electrons. The molecule has 0 aliphatic rings. The van der Waals surface area contributed by atoms with Crippen molar-refractivity contribution in [3.63, 3.8) is 0 Å². The van der Waals surface area contributed by atoms with Crippen LogP contribution in [-0.2, 0) is 0 Å². The van der Waals surface area contributed by atoms with Gasteiger partial charge in [-0.15, -0.1) is 0 Å². The molecule has 0 aromatic carbocycles. The molecule has 0 amide bonds. The second-order valence-corrected chi connectivity index (χ2v) is 11.3. The zero-order valence-corrected chi connectivity index (χ0v) is 24.9. The van der Waals surface area contributed by atoms with Crippen molar-refractivity contribution in [2.24, 2.45) is 5.41 Å². The van der Waals surface area contributed by atoms with Crippen LogP contribution in [0.3, 0.4) is 0 Å². The normalized spacial score (nSPS) is 12.6. The Kier molecular flexibility index (Phi) is 15.2. The molecule has 1 rings (SSSR count). The number of nitrogens with zero attached hydrogens (tertiary/aromatic N) is 6. The Balaban J connectivity index is 3.59. The molecule has 0 saturated heterocycles. The van der Waals surface area contributed by atoms with Crippen LogP contribution < -0.4 is 14.7 Å². The highest BCUT2D eigenvalue weighted by molar-refractivity contribution is 5.47. The lowest BCUT2D eigenvalue weighted by Crippen LogP contribution is -2.40. The van der Waals surface area contributed by atoms with Gasteiger partial charge in [-0.25, -0.2) is 0 Å². The first-order valence-electron chi connectivity index (χ1n) is 14.8. The maximum Gasteiger partial charge on any atom is 0.232 e. The molecule has 0 N–H and O–H groups in total. The average molecular weight is 491 g/mol. The average Bonchev–Trinajstić information content (AvgIpc) is 2.81. The predicted octanol–water partition coefficient (Wildman–Crippen LogP) is 7.73. The van der Waals surface area contributed by atoms with Gasteiger partial charge in [0.25, 0.3) is 0 Å². The van der Waals surface area contributed by atoms with Crippen molar-refractivity contribution in [3.05, 3.63) is 0 Å². The predicted molar refractivity (Wildman–Crippen MR) is 155 cm³/mol. The summed E-state index contributed by atoms with van der Waals surface area (Å²) in [6.45, 7) is 25.5. The van der Waals surface area contributed by atoms with Crippen LogP contribution in [0.25, 0.3) is 0 Å². The maximum atomic E-state index is 5.17. The highest BCUT2D eigenvalue weighted by atomic mass is 15.4. The number of hydrogen-bond donors (Lipinski definition) is 0. The van der Waals surface area contributed by atoms with Crippen molar-refractivity contribution in [2.45, 2.75) is 133 Å². The van der Waals surface area contributed by atoms with Crippen LogP contribution in [0.5, 0.6) is 0 Å². The molecule has 0 spiro atoms. The highest BCUT2D eigenvalue weighted by Crippen LogP contribution is 2.29. The summed E-state index contributed by atoms with van der Waals surface area (Å²) in [5, 5.41) is 0. The first-order valence-corrected chi connectivity index (χ1v) is 14.8. The first-order chi connectivity index (χ1) is 16.7. The van der Waals surface area contributed by atoms with Crippen LogP contribution in [0, 0.1) is 5.41 Å². The lowest BCUT2D eigenvalue weighted by atomic mass is 9.86. The van der Waals surface area contributed by atoms with E-state index in [2.05, 4.69) is 77.0 Å². The molecule has 0 fully saturated rings. The van der Waals surface area contributed by atoms with E-state index in [1.807, 2.05) is 0 Å². The molecule has 6 nitrogen and oxygen atoms in total. The summed E-state index contributed by atoms with van der Waals surface area (Å²) >= 11 is 0. The molecule has 0 bridgehead atoms. The van der Waals surface area contributed by atoms with Crippen molar-refractivity contribution in [2.75, 3.05) is 47.4 Å². The molecule has 1 aromatic heterocycles. The Morgan fingerprint density at radius 2 is 1.06 bits per heavy atom. The number of aromatic nitrogens is 3. The number of anilines is 3. The van der Waals surface area contributed by atoms with Crippen LogP contribution in [0.1, 0.15) is 127 Å². The minimum atomic E-state index is 0.260. The second kappa shape index (κ2) is 17.0. The summed E-state index contributed by atoms with van der Waals surface area (Å²) in [7, 11) is 0.